The van der Waals surface area contributed by atoms with Gasteiger partial charge in [-0.05, 0) is 17.7 Å². The predicted octanol–water partition coefficient (Wildman–Crippen LogP) is -2.79. The number of hydrogen-bond acceptors (Lipinski definition) is 4. The Hall–Kier alpha value is -0.260. The van der Waals surface area contributed by atoms with Crippen molar-refractivity contribution < 1.29 is 46.3 Å². The summed E-state index contributed by atoms with van der Waals surface area (Å²) in [5.74, 6) is -0.456. The maximum absolute atomic E-state index is 9.23. The molecule has 0 heterocycles. The normalized spacial score (nSPS) is 11.8. The SMILES string of the molecule is NCC(O)c1ccc(O)c(O)c1.[H-].[Na+]. The first-order chi connectivity index (χ1) is 5.65. The number of aliphatic hydroxyl groups is 1. The monoisotopic (exact) mass is 193 g/mol. The van der Waals surface area contributed by atoms with E-state index < -0.39 is 6.10 Å². The van der Waals surface area contributed by atoms with Crippen molar-refractivity contribution in [3.63, 3.8) is 0 Å². The van der Waals surface area contributed by atoms with Gasteiger partial charge in [-0.2, -0.15) is 0 Å². The van der Waals surface area contributed by atoms with Gasteiger partial charge >= 0.3 is 29.6 Å². The number of aliphatic hydroxyl groups excluding tert-OH is 1. The van der Waals surface area contributed by atoms with Crippen molar-refractivity contribution in [3.8, 4) is 11.5 Å². The van der Waals surface area contributed by atoms with Crippen LogP contribution in [0.3, 0.4) is 0 Å². The van der Waals surface area contributed by atoms with Gasteiger partial charge in [0, 0.05) is 6.54 Å². The summed E-state index contributed by atoms with van der Waals surface area (Å²) in [6.45, 7) is 0.0875. The van der Waals surface area contributed by atoms with E-state index in [0.29, 0.717) is 5.56 Å². The summed E-state index contributed by atoms with van der Waals surface area (Å²) in [7, 11) is 0. The van der Waals surface area contributed by atoms with E-state index in [1.807, 2.05) is 0 Å². The third-order valence-electron chi connectivity index (χ3n) is 1.61. The topological polar surface area (TPSA) is 86.7 Å². The van der Waals surface area contributed by atoms with Crippen molar-refractivity contribution >= 4 is 0 Å². The third-order valence-corrected chi connectivity index (χ3v) is 1.61. The standard InChI is InChI=1S/C8H11NO3.Na.H/c9-4-8(12)5-1-2-6(10)7(11)3-5;;/h1-3,8,10-12H,4,9H2;;/q;+1;-1. The van der Waals surface area contributed by atoms with Gasteiger partial charge in [0.1, 0.15) is 0 Å². The summed E-state index contributed by atoms with van der Waals surface area (Å²) in [5.41, 5.74) is 5.69. The van der Waals surface area contributed by atoms with E-state index >= 15 is 0 Å². The van der Waals surface area contributed by atoms with Crippen LogP contribution >= 0.6 is 0 Å². The second kappa shape index (κ2) is 5.47. The Balaban J connectivity index is 0. The fraction of sp³-hybridized carbons (Fsp3) is 0.250. The van der Waals surface area contributed by atoms with E-state index in [0.717, 1.165) is 0 Å². The minimum absolute atomic E-state index is 0. The van der Waals surface area contributed by atoms with Crippen molar-refractivity contribution in [1.29, 1.82) is 0 Å². The molecule has 0 saturated carbocycles. The van der Waals surface area contributed by atoms with Crippen LogP contribution in [-0.2, 0) is 0 Å². The van der Waals surface area contributed by atoms with E-state index in [1.54, 1.807) is 0 Å². The van der Waals surface area contributed by atoms with Gasteiger partial charge in [0.05, 0.1) is 6.10 Å². The van der Waals surface area contributed by atoms with Crippen LogP contribution in [0.4, 0.5) is 0 Å². The first-order valence-corrected chi connectivity index (χ1v) is 3.55. The van der Waals surface area contributed by atoms with Gasteiger partial charge in [0.25, 0.3) is 0 Å². The molecule has 0 radical (unpaired) electrons. The number of nitrogens with two attached hydrogens (primary N) is 1. The molecule has 0 amide bonds. The maximum Gasteiger partial charge on any atom is 1.00 e. The summed E-state index contributed by atoms with van der Waals surface area (Å²) in [4.78, 5) is 0. The molecule has 13 heavy (non-hydrogen) atoms. The van der Waals surface area contributed by atoms with Crippen LogP contribution < -0.4 is 35.3 Å². The van der Waals surface area contributed by atoms with Gasteiger partial charge < -0.3 is 22.5 Å². The van der Waals surface area contributed by atoms with E-state index in [2.05, 4.69) is 0 Å². The molecule has 0 saturated heterocycles. The van der Waals surface area contributed by atoms with Crippen LogP contribution in [-0.4, -0.2) is 21.9 Å². The minimum atomic E-state index is -0.795. The molecule has 0 aromatic heterocycles. The predicted molar refractivity (Wildman–Crippen MR) is 44.9 cm³/mol. The Labute approximate surface area is 99.8 Å². The number of phenolic OH excluding ortho intramolecular Hbond substituents is 2. The van der Waals surface area contributed by atoms with Gasteiger partial charge in [0.2, 0.25) is 0 Å². The van der Waals surface area contributed by atoms with Gasteiger partial charge in [-0.25, -0.2) is 0 Å². The summed E-state index contributed by atoms with van der Waals surface area (Å²) in [6, 6.07) is 4.10. The molecule has 4 nitrogen and oxygen atoms in total. The Morgan fingerprint density at radius 2 is 1.92 bits per heavy atom. The molecule has 1 rings (SSSR count). The van der Waals surface area contributed by atoms with Crippen LogP contribution in [0.1, 0.15) is 13.1 Å². The molecule has 1 atom stereocenters. The van der Waals surface area contributed by atoms with Gasteiger partial charge in [-0.3, -0.25) is 0 Å². The van der Waals surface area contributed by atoms with Crippen molar-refractivity contribution in [2.24, 2.45) is 5.73 Å². The van der Waals surface area contributed by atoms with Crippen molar-refractivity contribution in [2.75, 3.05) is 6.54 Å². The maximum atomic E-state index is 9.23. The number of aromatic hydroxyl groups is 2. The molecule has 0 aliphatic rings. The number of rotatable bonds is 2. The largest absolute Gasteiger partial charge is 1.00 e. The second-order valence-electron chi connectivity index (χ2n) is 2.50. The zero-order valence-corrected chi connectivity index (χ0v) is 9.44. The number of benzene rings is 1. The Kier molecular flexibility index (Phi) is 5.36. The van der Waals surface area contributed by atoms with Crippen LogP contribution in [0, 0.1) is 0 Å². The van der Waals surface area contributed by atoms with Crippen LogP contribution in [0.2, 0.25) is 0 Å². The average molecular weight is 193 g/mol. The number of hydrogen-bond donors (Lipinski definition) is 4. The molecule has 0 aliphatic carbocycles. The molecule has 0 spiro atoms. The molecule has 5 heteroatoms. The van der Waals surface area contributed by atoms with Crippen molar-refractivity contribution in [1.82, 2.24) is 0 Å². The molecule has 0 aliphatic heterocycles. The van der Waals surface area contributed by atoms with E-state index in [1.165, 1.54) is 18.2 Å². The number of phenols is 2. The Bertz CT molecular complexity index is 285. The molecule has 1 unspecified atom stereocenters. The fourth-order valence-electron chi connectivity index (χ4n) is 0.884. The van der Waals surface area contributed by atoms with E-state index in [4.69, 9.17) is 15.9 Å². The van der Waals surface area contributed by atoms with Gasteiger partial charge in [-0.1, -0.05) is 6.07 Å². The van der Waals surface area contributed by atoms with Gasteiger partial charge in [-0.15, -0.1) is 0 Å². The molecule has 0 fully saturated rings. The molecule has 0 bridgehead atoms. The Morgan fingerprint density at radius 1 is 1.31 bits per heavy atom. The summed E-state index contributed by atoms with van der Waals surface area (Å²) >= 11 is 0. The molecular weight excluding hydrogens is 181 g/mol. The smallest absolute Gasteiger partial charge is 1.00 e. The van der Waals surface area contributed by atoms with Crippen LogP contribution in [0.5, 0.6) is 11.5 Å². The van der Waals surface area contributed by atoms with Crippen molar-refractivity contribution in [3.05, 3.63) is 23.8 Å². The summed E-state index contributed by atoms with van der Waals surface area (Å²) < 4.78 is 0. The average Bonchev–Trinajstić information content (AvgIpc) is 2.08. The van der Waals surface area contributed by atoms with Crippen LogP contribution in [0.25, 0.3) is 0 Å². The molecule has 1 aromatic carbocycles. The first kappa shape index (κ1) is 12.7. The first-order valence-electron chi connectivity index (χ1n) is 3.55. The molecule has 5 N–H and O–H groups in total. The third kappa shape index (κ3) is 3.17. The zero-order valence-electron chi connectivity index (χ0n) is 8.44. The second-order valence-corrected chi connectivity index (χ2v) is 2.50. The summed E-state index contributed by atoms with van der Waals surface area (Å²) in [5, 5.41) is 27.2. The molecule has 68 valence electrons. The van der Waals surface area contributed by atoms with Crippen molar-refractivity contribution in [2.45, 2.75) is 6.10 Å². The zero-order chi connectivity index (χ0) is 9.14. The summed E-state index contributed by atoms with van der Waals surface area (Å²) in [6.07, 6.45) is -0.795. The molecule has 1 aromatic rings. The molecular formula is C8H12NNaO3. The Morgan fingerprint density at radius 3 is 2.38 bits per heavy atom. The minimum Gasteiger partial charge on any atom is -1.00 e. The van der Waals surface area contributed by atoms with E-state index in [-0.39, 0.29) is 49.0 Å². The van der Waals surface area contributed by atoms with Crippen LogP contribution in [0.15, 0.2) is 18.2 Å². The fourth-order valence-corrected chi connectivity index (χ4v) is 0.884. The van der Waals surface area contributed by atoms with Gasteiger partial charge in [0.15, 0.2) is 11.5 Å². The van der Waals surface area contributed by atoms with E-state index in [9.17, 15) is 5.11 Å². The quantitative estimate of drug-likeness (QED) is 0.302.